The van der Waals surface area contributed by atoms with E-state index in [1.807, 2.05) is 0 Å². The third-order valence-corrected chi connectivity index (χ3v) is 6.34. The average molecular weight is 443 g/mol. The fourth-order valence-electron chi connectivity index (χ4n) is 4.09. The Bertz CT molecular complexity index is 291. The molecule has 0 fully saturated rings. The smallest absolute Gasteiger partial charge is 0.0933 e. The summed E-state index contributed by atoms with van der Waals surface area (Å²) in [5.74, 6) is 0. The largest absolute Gasteiger partial charge is 0.203 e. The van der Waals surface area contributed by atoms with Gasteiger partial charge in [-0.15, -0.1) is 0 Å². The van der Waals surface area contributed by atoms with Gasteiger partial charge in [0.15, 0.2) is 0 Å². The van der Waals surface area contributed by atoms with Gasteiger partial charge < -0.3 is 0 Å². The highest BCUT2D eigenvalue weighted by atomic mass is 17.5. The molecule has 0 spiro atoms. The van der Waals surface area contributed by atoms with Crippen LogP contribution in [0.15, 0.2) is 0 Å². The van der Waals surface area contributed by atoms with Crippen LogP contribution in [-0.4, -0.2) is 12.2 Å². The monoisotopic (exact) mass is 442 g/mol. The lowest BCUT2D eigenvalue weighted by Crippen LogP contribution is -2.14. The number of hydrogen-bond donors (Lipinski definition) is 0. The molecule has 3 heteroatoms. The molecule has 3 nitrogen and oxygen atoms in total. The van der Waals surface area contributed by atoms with Gasteiger partial charge in [0.1, 0.15) is 0 Å². The number of unbranched alkanes of at least 4 members (excludes halogenated alkanes) is 18. The first kappa shape index (κ1) is 30.9. The van der Waals surface area contributed by atoms with Crippen LogP contribution in [0.3, 0.4) is 0 Å². The lowest BCUT2D eigenvalue weighted by Gasteiger charge is -2.14. The van der Waals surface area contributed by atoms with Crippen molar-refractivity contribution in [3.63, 3.8) is 0 Å². The van der Waals surface area contributed by atoms with E-state index in [2.05, 4.69) is 27.7 Å². The zero-order valence-electron chi connectivity index (χ0n) is 21.9. The molecule has 0 saturated carbocycles. The van der Waals surface area contributed by atoms with Crippen molar-refractivity contribution in [2.24, 2.45) is 0 Å². The maximum atomic E-state index is 5.37. The Morgan fingerprint density at radius 3 is 0.935 bits per heavy atom. The molecular weight excluding hydrogens is 384 g/mol. The third kappa shape index (κ3) is 26.0. The van der Waals surface area contributed by atoms with Crippen LogP contribution < -0.4 is 0 Å². The number of rotatable bonds is 26. The predicted octanol–water partition coefficient (Wildman–Crippen LogP) is 10.3. The molecule has 0 N–H and O–H groups in total. The molecular formula is C28H58O3. The molecule has 0 heterocycles. The summed E-state index contributed by atoms with van der Waals surface area (Å²) in [6.07, 6.45) is 29.7. The van der Waals surface area contributed by atoms with E-state index in [1.165, 1.54) is 128 Å². The summed E-state index contributed by atoms with van der Waals surface area (Å²) in [5.41, 5.74) is 0. The van der Waals surface area contributed by atoms with Crippen molar-refractivity contribution in [1.82, 2.24) is 0 Å². The Morgan fingerprint density at radius 1 is 0.387 bits per heavy atom. The quantitative estimate of drug-likeness (QED) is 0.0757. The average Bonchev–Trinajstić information content (AvgIpc) is 2.76. The van der Waals surface area contributed by atoms with E-state index in [-0.39, 0.29) is 12.2 Å². The topological polar surface area (TPSA) is 27.7 Å². The van der Waals surface area contributed by atoms with Gasteiger partial charge in [-0.25, -0.2) is 9.78 Å². The van der Waals surface area contributed by atoms with Gasteiger partial charge in [-0.05, 0) is 26.7 Å². The van der Waals surface area contributed by atoms with Crippen LogP contribution >= 0.6 is 0 Å². The molecule has 31 heavy (non-hydrogen) atoms. The minimum atomic E-state index is 0.110. The highest BCUT2D eigenvalue weighted by molar-refractivity contribution is 4.53. The molecule has 0 aliphatic carbocycles. The molecule has 0 bridgehead atoms. The molecule has 0 saturated heterocycles. The van der Waals surface area contributed by atoms with Crippen molar-refractivity contribution in [2.45, 2.75) is 181 Å². The SMILES string of the molecule is CCCCCCCCCCCCC(C)OOOC(C)CCCCCCCCCCCC. The Balaban J connectivity index is 3.28. The number of hydrogen-bond acceptors (Lipinski definition) is 3. The summed E-state index contributed by atoms with van der Waals surface area (Å²) in [5, 5.41) is 5.04. The van der Waals surface area contributed by atoms with E-state index < -0.39 is 0 Å². The highest BCUT2D eigenvalue weighted by Gasteiger charge is 2.07. The van der Waals surface area contributed by atoms with E-state index in [9.17, 15) is 0 Å². The van der Waals surface area contributed by atoms with Crippen molar-refractivity contribution in [3.8, 4) is 0 Å². The summed E-state index contributed by atoms with van der Waals surface area (Å²) in [6, 6.07) is 0. The van der Waals surface area contributed by atoms with Crippen molar-refractivity contribution >= 4 is 0 Å². The summed E-state index contributed by atoms with van der Waals surface area (Å²) in [6.45, 7) is 8.71. The highest BCUT2D eigenvalue weighted by Crippen LogP contribution is 2.15. The van der Waals surface area contributed by atoms with Crippen LogP contribution in [0.4, 0.5) is 0 Å². The molecule has 0 amide bonds. The van der Waals surface area contributed by atoms with Gasteiger partial charge in [-0.1, -0.05) is 147 Å². The minimum absolute atomic E-state index is 0.110. The standard InChI is InChI=1S/C28H58O3/c1-5-7-9-11-13-15-17-19-21-23-25-27(3)29-31-30-28(4)26-24-22-20-18-16-14-12-10-8-6-2/h27-28H,5-26H2,1-4H3. The molecule has 188 valence electrons. The second kappa shape index (κ2) is 26.1. The Morgan fingerprint density at radius 2 is 0.645 bits per heavy atom. The van der Waals surface area contributed by atoms with Crippen LogP contribution in [0, 0.1) is 0 Å². The van der Waals surface area contributed by atoms with Crippen molar-refractivity contribution in [1.29, 1.82) is 0 Å². The van der Waals surface area contributed by atoms with Gasteiger partial charge in [-0.3, -0.25) is 0 Å². The van der Waals surface area contributed by atoms with Crippen molar-refractivity contribution < 1.29 is 14.8 Å². The van der Waals surface area contributed by atoms with Gasteiger partial charge in [-0.2, -0.15) is 0 Å². The lowest BCUT2D eigenvalue weighted by atomic mass is 10.1. The van der Waals surface area contributed by atoms with Crippen molar-refractivity contribution in [2.75, 3.05) is 0 Å². The van der Waals surface area contributed by atoms with Gasteiger partial charge >= 0.3 is 0 Å². The first-order valence-electron chi connectivity index (χ1n) is 14.2. The summed E-state index contributed by atoms with van der Waals surface area (Å²) in [7, 11) is 0. The molecule has 0 aromatic rings. The molecule has 2 atom stereocenters. The second-order valence-corrected chi connectivity index (χ2v) is 9.82. The van der Waals surface area contributed by atoms with Gasteiger partial charge in [0.25, 0.3) is 0 Å². The van der Waals surface area contributed by atoms with E-state index in [4.69, 9.17) is 14.8 Å². The first-order valence-corrected chi connectivity index (χ1v) is 14.2. The Hall–Kier alpha value is -0.120. The normalized spacial score (nSPS) is 13.5. The second-order valence-electron chi connectivity index (χ2n) is 9.82. The zero-order valence-corrected chi connectivity index (χ0v) is 21.9. The minimum Gasteiger partial charge on any atom is -0.203 e. The molecule has 0 radical (unpaired) electrons. The van der Waals surface area contributed by atoms with Gasteiger partial charge in [0, 0.05) is 0 Å². The Kier molecular flexibility index (Phi) is 26.0. The fraction of sp³-hybridized carbons (Fsp3) is 1.00. The molecule has 0 aromatic carbocycles. The predicted molar refractivity (Wildman–Crippen MR) is 135 cm³/mol. The summed E-state index contributed by atoms with van der Waals surface area (Å²) in [4.78, 5) is 10.7. The van der Waals surface area contributed by atoms with Gasteiger partial charge in [0.2, 0.25) is 0 Å². The first-order chi connectivity index (χ1) is 15.2. The van der Waals surface area contributed by atoms with E-state index in [1.54, 1.807) is 0 Å². The van der Waals surface area contributed by atoms with Crippen LogP contribution in [0.5, 0.6) is 0 Å². The summed E-state index contributed by atoms with van der Waals surface area (Å²) < 4.78 is 0. The molecule has 2 unspecified atom stereocenters. The zero-order chi connectivity index (χ0) is 22.8. The van der Waals surface area contributed by atoms with Crippen LogP contribution in [0.2, 0.25) is 0 Å². The summed E-state index contributed by atoms with van der Waals surface area (Å²) >= 11 is 0. The van der Waals surface area contributed by atoms with E-state index in [0.29, 0.717) is 0 Å². The molecule has 0 aliphatic heterocycles. The molecule has 0 rings (SSSR count). The van der Waals surface area contributed by atoms with Gasteiger partial charge in [0.05, 0.1) is 12.2 Å². The van der Waals surface area contributed by atoms with Crippen LogP contribution in [-0.2, 0) is 14.8 Å². The fourth-order valence-corrected chi connectivity index (χ4v) is 4.09. The third-order valence-electron chi connectivity index (χ3n) is 6.34. The maximum Gasteiger partial charge on any atom is 0.0933 e. The van der Waals surface area contributed by atoms with Crippen molar-refractivity contribution in [3.05, 3.63) is 0 Å². The van der Waals surface area contributed by atoms with Crippen LogP contribution in [0.1, 0.15) is 169 Å². The maximum absolute atomic E-state index is 5.37. The lowest BCUT2D eigenvalue weighted by molar-refractivity contribution is -0.537. The molecule has 0 aromatic heterocycles. The van der Waals surface area contributed by atoms with Crippen LogP contribution in [0.25, 0.3) is 0 Å². The Labute approximate surface area is 196 Å². The van der Waals surface area contributed by atoms with E-state index >= 15 is 0 Å². The van der Waals surface area contributed by atoms with E-state index in [0.717, 1.165) is 12.8 Å². The molecule has 0 aliphatic rings.